The smallest absolute Gasteiger partial charge is 0.151 e. The van der Waals surface area contributed by atoms with Crippen LogP contribution in [0, 0.1) is 12.8 Å². The summed E-state index contributed by atoms with van der Waals surface area (Å²) in [4.78, 5) is 3.93. The summed E-state index contributed by atoms with van der Waals surface area (Å²) in [6.45, 7) is 2.81. The Bertz CT molecular complexity index is 362. The Balaban J connectivity index is 2.25. The summed E-state index contributed by atoms with van der Waals surface area (Å²) in [5.74, 6) is 0.770. The van der Waals surface area contributed by atoms with Gasteiger partial charge in [0.1, 0.15) is 10.2 Å². The molecule has 82 valence electrons. The van der Waals surface area contributed by atoms with Crippen LogP contribution in [-0.2, 0) is 0 Å². The van der Waals surface area contributed by atoms with Crippen molar-refractivity contribution in [3.63, 3.8) is 0 Å². The first-order chi connectivity index (χ1) is 7.09. The van der Waals surface area contributed by atoms with Gasteiger partial charge in [-0.25, -0.2) is 4.98 Å². The highest BCUT2D eigenvalue weighted by Crippen LogP contribution is 2.36. The molecule has 0 atom stereocenters. The van der Waals surface area contributed by atoms with Crippen LogP contribution in [0.2, 0.25) is 15.3 Å². The van der Waals surface area contributed by atoms with Crippen molar-refractivity contribution in [2.45, 2.75) is 19.8 Å². The second-order valence-corrected chi connectivity index (χ2v) is 4.93. The molecule has 2 nitrogen and oxygen atoms in total. The molecule has 15 heavy (non-hydrogen) atoms. The standard InChI is InChI=1S/C10H11Cl3N2/c1-5-8(14-4-6-2-3-6)7(11)10(13)15-9(5)12/h6H,2-4H2,1H3,(H,14,15). The zero-order valence-electron chi connectivity index (χ0n) is 8.28. The Labute approximate surface area is 104 Å². The van der Waals surface area contributed by atoms with Crippen LogP contribution in [0.4, 0.5) is 5.69 Å². The fourth-order valence-corrected chi connectivity index (χ4v) is 2.02. The SMILES string of the molecule is Cc1c(Cl)nc(Cl)c(Cl)c1NCC1CC1. The zero-order valence-corrected chi connectivity index (χ0v) is 10.5. The average Bonchev–Trinajstić information content (AvgIpc) is 2.99. The minimum atomic E-state index is 0.255. The van der Waals surface area contributed by atoms with Crippen molar-refractivity contribution in [3.05, 3.63) is 20.9 Å². The maximum atomic E-state index is 6.06. The van der Waals surface area contributed by atoms with E-state index in [9.17, 15) is 0 Å². The normalized spacial score (nSPS) is 15.5. The molecule has 1 saturated carbocycles. The Morgan fingerprint density at radius 3 is 2.53 bits per heavy atom. The zero-order chi connectivity index (χ0) is 11.0. The molecule has 1 aromatic rings. The summed E-state index contributed by atoms with van der Waals surface area (Å²) in [6, 6.07) is 0. The van der Waals surface area contributed by atoms with Gasteiger partial charge >= 0.3 is 0 Å². The second kappa shape index (κ2) is 4.36. The van der Waals surface area contributed by atoms with Gasteiger partial charge in [0.05, 0.1) is 5.69 Å². The van der Waals surface area contributed by atoms with Crippen LogP contribution in [-0.4, -0.2) is 11.5 Å². The van der Waals surface area contributed by atoms with Crippen molar-refractivity contribution in [1.29, 1.82) is 0 Å². The number of nitrogens with one attached hydrogen (secondary N) is 1. The highest BCUT2D eigenvalue weighted by molar-refractivity contribution is 6.44. The summed E-state index contributed by atoms with van der Waals surface area (Å²) in [7, 11) is 0. The van der Waals surface area contributed by atoms with Gasteiger partial charge in [0.15, 0.2) is 5.15 Å². The predicted molar refractivity (Wildman–Crippen MR) is 65.2 cm³/mol. The van der Waals surface area contributed by atoms with Crippen LogP contribution >= 0.6 is 34.8 Å². The monoisotopic (exact) mass is 264 g/mol. The van der Waals surface area contributed by atoms with E-state index < -0.39 is 0 Å². The summed E-state index contributed by atoms with van der Waals surface area (Å²) in [6.07, 6.45) is 2.58. The maximum absolute atomic E-state index is 6.06. The number of rotatable bonds is 3. The molecule has 1 N–H and O–H groups in total. The van der Waals surface area contributed by atoms with Crippen molar-refractivity contribution >= 4 is 40.5 Å². The molecule has 0 spiro atoms. The summed E-state index contributed by atoms with van der Waals surface area (Å²) >= 11 is 17.8. The van der Waals surface area contributed by atoms with E-state index in [0.717, 1.165) is 23.7 Å². The van der Waals surface area contributed by atoms with Crippen molar-refractivity contribution in [2.24, 2.45) is 5.92 Å². The topological polar surface area (TPSA) is 24.9 Å². The Morgan fingerprint density at radius 2 is 1.93 bits per heavy atom. The minimum Gasteiger partial charge on any atom is -0.383 e. The molecule has 0 bridgehead atoms. The van der Waals surface area contributed by atoms with Gasteiger partial charge in [0.2, 0.25) is 0 Å². The van der Waals surface area contributed by atoms with Crippen molar-refractivity contribution < 1.29 is 0 Å². The molecule has 1 aliphatic rings. The number of aromatic nitrogens is 1. The molecular formula is C10H11Cl3N2. The summed E-state index contributed by atoms with van der Waals surface area (Å²) in [5.41, 5.74) is 1.67. The molecular weight excluding hydrogens is 254 g/mol. The lowest BCUT2D eigenvalue weighted by Crippen LogP contribution is -2.06. The van der Waals surface area contributed by atoms with Gasteiger partial charge in [-0.3, -0.25) is 0 Å². The van der Waals surface area contributed by atoms with E-state index in [4.69, 9.17) is 34.8 Å². The molecule has 0 radical (unpaired) electrons. The molecule has 0 saturated heterocycles. The van der Waals surface area contributed by atoms with Crippen LogP contribution in [0.1, 0.15) is 18.4 Å². The number of pyridine rings is 1. The second-order valence-electron chi connectivity index (χ2n) is 3.83. The first-order valence-electron chi connectivity index (χ1n) is 4.84. The van der Waals surface area contributed by atoms with Crippen LogP contribution in [0.15, 0.2) is 0 Å². The lowest BCUT2D eigenvalue weighted by molar-refractivity contribution is 0.887. The van der Waals surface area contributed by atoms with Crippen molar-refractivity contribution in [2.75, 3.05) is 11.9 Å². The number of halogens is 3. The maximum Gasteiger partial charge on any atom is 0.151 e. The van der Waals surface area contributed by atoms with Crippen LogP contribution in [0.25, 0.3) is 0 Å². The van der Waals surface area contributed by atoms with Gasteiger partial charge < -0.3 is 5.32 Å². The van der Waals surface area contributed by atoms with Crippen LogP contribution in [0.3, 0.4) is 0 Å². The third-order valence-electron chi connectivity index (χ3n) is 2.55. The van der Waals surface area contributed by atoms with E-state index in [-0.39, 0.29) is 5.15 Å². The van der Waals surface area contributed by atoms with Gasteiger partial charge in [-0.15, -0.1) is 0 Å². The molecule has 5 heteroatoms. The van der Waals surface area contributed by atoms with E-state index in [1.165, 1.54) is 12.8 Å². The van der Waals surface area contributed by atoms with E-state index in [0.29, 0.717) is 10.2 Å². The fourth-order valence-electron chi connectivity index (χ4n) is 1.37. The van der Waals surface area contributed by atoms with E-state index >= 15 is 0 Å². The molecule has 1 heterocycles. The molecule has 2 rings (SSSR count). The third kappa shape index (κ3) is 2.49. The van der Waals surface area contributed by atoms with Crippen molar-refractivity contribution in [3.8, 4) is 0 Å². The van der Waals surface area contributed by atoms with Gasteiger partial charge in [-0.05, 0) is 25.7 Å². The third-order valence-corrected chi connectivity index (χ3v) is 3.65. The molecule has 1 fully saturated rings. The van der Waals surface area contributed by atoms with E-state index in [1.54, 1.807) is 0 Å². The Hall–Kier alpha value is -0.180. The highest BCUT2D eigenvalue weighted by atomic mass is 35.5. The van der Waals surface area contributed by atoms with E-state index in [2.05, 4.69) is 10.3 Å². The number of hydrogen-bond donors (Lipinski definition) is 1. The van der Waals surface area contributed by atoms with Crippen LogP contribution < -0.4 is 5.32 Å². The first kappa shape index (κ1) is 11.3. The summed E-state index contributed by atoms with van der Waals surface area (Å²) < 4.78 is 0. The quantitative estimate of drug-likeness (QED) is 0.830. The van der Waals surface area contributed by atoms with Gasteiger partial charge in [0, 0.05) is 12.1 Å². The molecule has 1 aliphatic carbocycles. The van der Waals surface area contributed by atoms with Gasteiger partial charge in [-0.1, -0.05) is 34.8 Å². The van der Waals surface area contributed by atoms with Gasteiger partial charge in [0.25, 0.3) is 0 Å². The lowest BCUT2D eigenvalue weighted by Gasteiger charge is -2.12. The minimum absolute atomic E-state index is 0.255. The molecule has 0 unspecified atom stereocenters. The van der Waals surface area contributed by atoms with E-state index in [1.807, 2.05) is 6.92 Å². The molecule has 0 aliphatic heterocycles. The Kier molecular flexibility index (Phi) is 3.29. The molecule has 0 aromatic carbocycles. The number of hydrogen-bond acceptors (Lipinski definition) is 2. The van der Waals surface area contributed by atoms with Crippen LogP contribution in [0.5, 0.6) is 0 Å². The molecule has 1 aromatic heterocycles. The largest absolute Gasteiger partial charge is 0.383 e. The summed E-state index contributed by atoms with van der Waals surface area (Å²) in [5, 5.41) is 4.40. The highest BCUT2D eigenvalue weighted by Gasteiger charge is 2.22. The van der Waals surface area contributed by atoms with Gasteiger partial charge in [-0.2, -0.15) is 0 Å². The lowest BCUT2D eigenvalue weighted by atomic mass is 10.2. The Morgan fingerprint density at radius 1 is 1.27 bits per heavy atom. The average molecular weight is 266 g/mol. The molecule has 0 amide bonds. The fraction of sp³-hybridized carbons (Fsp3) is 0.500. The predicted octanol–water partition coefficient (Wildman–Crippen LogP) is 4.17. The number of anilines is 1. The first-order valence-corrected chi connectivity index (χ1v) is 5.98. The van der Waals surface area contributed by atoms with Crippen molar-refractivity contribution in [1.82, 2.24) is 4.98 Å². The number of nitrogens with zero attached hydrogens (tertiary/aromatic N) is 1.